The van der Waals surface area contributed by atoms with Crippen molar-refractivity contribution >= 4 is 46.0 Å². The van der Waals surface area contributed by atoms with Crippen molar-refractivity contribution in [1.82, 2.24) is 4.90 Å². The first-order valence-electron chi connectivity index (χ1n) is 9.01. The minimum atomic E-state index is -0.0175. The van der Waals surface area contributed by atoms with E-state index in [4.69, 9.17) is 4.99 Å². The van der Waals surface area contributed by atoms with Crippen LogP contribution in [0.2, 0.25) is 0 Å². The number of rotatable bonds is 3. The first kappa shape index (κ1) is 18.9. The fraction of sp³-hybridized carbons (Fsp3) is 0.182. The zero-order valence-electron chi connectivity index (χ0n) is 16.1. The Labute approximate surface area is 174 Å². The number of amidine groups is 1. The van der Waals surface area contributed by atoms with Gasteiger partial charge < -0.3 is 4.90 Å². The molecule has 2 aromatic carbocycles. The molecule has 0 aliphatic carbocycles. The van der Waals surface area contributed by atoms with Crippen molar-refractivity contribution in [2.75, 3.05) is 18.5 Å². The summed E-state index contributed by atoms with van der Waals surface area (Å²) in [7, 11) is 2.01. The van der Waals surface area contributed by atoms with E-state index in [9.17, 15) is 4.79 Å². The maximum atomic E-state index is 13.2. The highest BCUT2D eigenvalue weighted by molar-refractivity contribution is 8.19. The van der Waals surface area contributed by atoms with Crippen molar-refractivity contribution < 1.29 is 4.79 Å². The zero-order valence-corrected chi connectivity index (χ0v) is 17.7. The molecule has 1 saturated heterocycles. The Bertz CT molecular complexity index is 1040. The number of aryl methyl sites for hydroxylation is 2. The summed E-state index contributed by atoms with van der Waals surface area (Å²) in [4.78, 5) is 23.7. The number of hydrogen-bond acceptors (Lipinski definition) is 5. The highest BCUT2D eigenvalue weighted by Gasteiger charge is 2.38. The molecule has 0 bridgehead atoms. The predicted octanol–water partition coefficient (Wildman–Crippen LogP) is 5.46. The summed E-state index contributed by atoms with van der Waals surface area (Å²) in [5.74, 6) is -0.0175. The number of hydrogen-bond donors (Lipinski definition) is 0. The van der Waals surface area contributed by atoms with Gasteiger partial charge in [0, 0.05) is 18.5 Å². The van der Waals surface area contributed by atoms with Crippen LogP contribution in [0.4, 0.5) is 11.4 Å². The number of nitrogens with zero attached hydrogens (tertiary/aromatic N) is 3. The topological polar surface area (TPSA) is 35.9 Å². The molecule has 2 aliphatic rings. The van der Waals surface area contributed by atoms with Gasteiger partial charge in [-0.3, -0.25) is 9.69 Å². The minimum Gasteiger partial charge on any atom is -0.337 e. The second kappa shape index (κ2) is 7.53. The van der Waals surface area contributed by atoms with Crippen LogP contribution in [0.3, 0.4) is 0 Å². The molecule has 0 saturated carbocycles. The van der Waals surface area contributed by atoms with Gasteiger partial charge in [-0.2, -0.15) is 0 Å². The van der Waals surface area contributed by atoms with Crippen molar-refractivity contribution in [3.63, 3.8) is 0 Å². The number of aliphatic imine (C=N–C) groups is 1. The van der Waals surface area contributed by atoms with E-state index in [1.165, 1.54) is 11.8 Å². The summed E-state index contributed by atoms with van der Waals surface area (Å²) >= 11 is 3.08. The maximum Gasteiger partial charge on any atom is 0.269 e. The summed E-state index contributed by atoms with van der Waals surface area (Å²) in [6, 6.07) is 14.4. The van der Waals surface area contributed by atoms with Gasteiger partial charge in [-0.25, -0.2) is 4.99 Å². The monoisotopic (exact) mass is 407 g/mol. The molecule has 4 rings (SSSR count). The zero-order chi connectivity index (χ0) is 19.8. The van der Waals surface area contributed by atoms with Crippen molar-refractivity contribution in [2.45, 2.75) is 18.7 Å². The van der Waals surface area contributed by atoms with Crippen molar-refractivity contribution in [3.05, 3.63) is 76.2 Å². The van der Waals surface area contributed by atoms with Gasteiger partial charge in [-0.1, -0.05) is 42.1 Å². The third-order valence-corrected chi connectivity index (χ3v) is 7.12. The molecule has 1 amide bonds. The average Bonchev–Trinajstić information content (AvgIpc) is 3.17. The molecule has 6 heteroatoms. The molecule has 4 nitrogen and oxygen atoms in total. The molecule has 28 heavy (non-hydrogen) atoms. The van der Waals surface area contributed by atoms with Gasteiger partial charge in [-0.05, 0) is 54.9 Å². The Balaban J connectivity index is 1.77. The fourth-order valence-electron chi connectivity index (χ4n) is 3.15. The van der Waals surface area contributed by atoms with Crippen LogP contribution in [0, 0.1) is 13.8 Å². The first-order valence-corrected chi connectivity index (χ1v) is 10.6. The number of thioether (sulfide) groups is 2. The summed E-state index contributed by atoms with van der Waals surface area (Å²) in [6.45, 7) is 8.33. The smallest absolute Gasteiger partial charge is 0.269 e. The number of para-hydroxylation sites is 1. The second-order valence-electron chi connectivity index (χ2n) is 6.75. The first-order chi connectivity index (χ1) is 13.5. The Morgan fingerprint density at radius 2 is 1.93 bits per heavy atom. The van der Waals surface area contributed by atoms with E-state index in [1.807, 2.05) is 33.0 Å². The van der Waals surface area contributed by atoms with Crippen LogP contribution in [-0.2, 0) is 4.79 Å². The third-order valence-electron chi connectivity index (χ3n) is 4.69. The molecule has 142 valence electrons. The second-order valence-corrected chi connectivity index (χ2v) is 8.76. The number of benzene rings is 2. The Morgan fingerprint density at radius 3 is 2.68 bits per heavy atom. The standard InChI is InChI=1S/C22H21N3OS2/c1-5-12-25-20(26)19(21-24(4)17-8-6-7-9-18(17)27-21)28-22(25)23-16-13-14(2)10-11-15(16)3/h5-11,13H,1,12H2,2-4H3/b21-19-,23-22?. The number of amides is 1. The van der Waals surface area contributed by atoms with E-state index in [0.717, 1.165) is 37.3 Å². The molecule has 2 aliphatic heterocycles. The third kappa shape index (κ3) is 3.27. The number of fused-ring (bicyclic) bond motifs is 1. The molecule has 0 aromatic heterocycles. The average molecular weight is 408 g/mol. The maximum absolute atomic E-state index is 13.2. The van der Waals surface area contributed by atoms with Crippen molar-refractivity contribution in [2.24, 2.45) is 4.99 Å². The van der Waals surface area contributed by atoms with Crippen LogP contribution in [0.5, 0.6) is 0 Å². The van der Waals surface area contributed by atoms with E-state index in [1.54, 1.807) is 22.7 Å². The van der Waals surface area contributed by atoms with Gasteiger partial charge in [-0.15, -0.1) is 6.58 Å². The summed E-state index contributed by atoms with van der Waals surface area (Å²) in [6.07, 6.45) is 1.74. The molecule has 2 aromatic rings. The van der Waals surface area contributed by atoms with Crippen molar-refractivity contribution in [3.8, 4) is 0 Å². The Kier molecular flexibility index (Phi) is 5.08. The predicted molar refractivity (Wildman–Crippen MR) is 120 cm³/mol. The van der Waals surface area contributed by atoms with Crippen LogP contribution >= 0.6 is 23.5 Å². The van der Waals surface area contributed by atoms with E-state index < -0.39 is 0 Å². The van der Waals surface area contributed by atoms with Gasteiger partial charge in [0.15, 0.2) is 5.17 Å². The lowest BCUT2D eigenvalue weighted by Crippen LogP contribution is -2.29. The van der Waals surface area contributed by atoms with E-state index in [-0.39, 0.29) is 5.91 Å². The molecular formula is C22H21N3OS2. The van der Waals surface area contributed by atoms with Gasteiger partial charge in [0.25, 0.3) is 5.91 Å². The summed E-state index contributed by atoms with van der Waals surface area (Å²) < 4.78 is 0. The SMILES string of the molecule is C=CCN1C(=O)/C(=C2/Sc3ccccc3N2C)SC1=Nc1cc(C)ccc1C. The molecule has 1 fully saturated rings. The quantitative estimate of drug-likeness (QED) is 0.500. The molecule has 0 N–H and O–H groups in total. The minimum absolute atomic E-state index is 0.0175. The van der Waals surface area contributed by atoms with Gasteiger partial charge in [0.1, 0.15) is 4.91 Å². The van der Waals surface area contributed by atoms with E-state index >= 15 is 0 Å². The molecular weight excluding hydrogens is 386 g/mol. The highest BCUT2D eigenvalue weighted by Crippen LogP contribution is 2.50. The van der Waals surface area contributed by atoms with Gasteiger partial charge >= 0.3 is 0 Å². The lowest BCUT2D eigenvalue weighted by molar-refractivity contribution is -0.121. The number of carbonyl (C=O) groups excluding carboxylic acids is 1. The molecule has 0 atom stereocenters. The van der Waals surface area contributed by atoms with E-state index in [0.29, 0.717) is 11.7 Å². The lowest BCUT2D eigenvalue weighted by atomic mass is 10.1. The Morgan fingerprint density at radius 1 is 1.14 bits per heavy atom. The largest absolute Gasteiger partial charge is 0.337 e. The van der Waals surface area contributed by atoms with Crippen LogP contribution < -0.4 is 4.90 Å². The van der Waals surface area contributed by atoms with Gasteiger partial charge in [0.05, 0.1) is 16.4 Å². The Hall–Kier alpha value is -2.44. The lowest BCUT2D eigenvalue weighted by Gasteiger charge is -2.15. The summed E-state index contributed by atoms with van der Waals surface area (Å²) in [5, 5.41) is 1.66. The molecule has 0 unspecified atom stereocenters. The van der Waals surface area contributed by atoms with Crippen LogP contribution in [0.15, 0.2) is 74.9 Å². The normalized spacial score (nSPS) is 20.2. The highest BCUT2D eigenvalue weighted by atomic mass is 32.2. The van der Waals surface area contributed by atoms with Crippen LogP contribution in [0.1, 0.15) is 11.1 Å². The van der Waals surface area contributed by atoms with Gasteiger partial charge in [0.2, 0.25) is 0 Å². The fourth-order valence-corrected chi connectivity index (χ4v) is 5.50. The van der Waals surface area contributed by atoms with Crippen LogP contribution in [0.25, 0.3) is 0 Å². The number of anilines is 1. The van der Waals surface area contributed by atoms with Crippen molar-refractivity contribution in [1.29, 1.82) is 0 Å². The van der Waals surface area contributed by atoms with E-state index in [2.05, 4.69) is 41.8 Å². The van der Waals surface area contributed by atoms with Crippen LogP contribution in [-0.4, -0.2) is 29.6 Å². The summed E-state index contributed by atoms with van der Waals surface area (Å²) in [5.41, 5.74) is 4.25. The molecule has 0 radical (unpaired) electrons. The number of carbonyl (C=O) groups is 1. The molecule has 0 spiro atoms. The molecule has 2 heterocycles.